The fourth-order valence-electron chi connectivity index (χ4n) is 1.83. The van der Waals surface area contributed by atoms with E-state index in [0.29, 0.717) is 6.04 Å². The summed E-state index contributed by atoms with van der Waals surface area (Å²) >= 11 is 0. The molecule has 0 heterocycles. The Bertz CT molecular complexity index is 195. The summed E-state index contributed by atoms with van der Waals surface area (Å²) in [5.41, 5.74) is 5.51. The van der Waals surface area contributed by atoms with E-state index in [2.05, 4.69) is 5.32 Å². The van der Waals surface area contributed by atoms with Gasteiger partial charge in [0.05, 0.1) is 6.04 Å². The van der Waals surface area contributed by atoms with Gasteiger partial charge in [-0.3, -0.25) is 4.79 Å². The third kappa shape index (κ3) is 2.21. The Morgan fingerprint density at radius 3 is 2.08 bits per heavy atom. The van der Waals surface area contributed by atoms with Gasteiger partial charge in [-0.25, -0.2) is 0 Å². The van der Waals surface area contributed by atoms with Gasteiger partial charge >= 0.3 is 0 Å². The lowest BCUT2D eigenvalue weighted by molar-refractivity contribution is -0.123. The molecule has 74 valence electrons. The van der Waals surface area contributed by atoms with Crippen LogP contribution < -0.4 is 11.1 Å². The molecule has 0 saturated heterocycles. The molecule has 3 N–H and O–H groups in total. The molecule has 1 amide bonds. The van der Waals surface area contributed by atoms with Crippen LogP contribution in [0.3, 0.4) is 0 Å². The number of nitrogens with two attached hydrogens (primary N) is 1. The predicted molar refractivity (Wildman–Crippen MR) is 51.0 cm³/mol. The van der Waals surface area contributed by atoms with Gasteiger partial charge in [0.1, 0.15) is 0 Å². The Kier molecular flexibility index (Phi) is 2.28. The minimum absolute atomic E-state index is 0.0174. The average Bonchev–Trinajstić information content (AvgIpc) is 2.90. The first-order valence-electron chi connectivity index (χ1n) is 5.24. The molecule has 0 bridgehead atoms. The van der Waals surface area contributed by atoms with E-state index in [1.54, 1.807) is 6.92 Å². The molecule has 0 aromatic rings. The van der Waals surface area contributed by atoms with E-state index in [1.807, 2.05) is 0 Å². The Hall–Kier alpha value is -0.570. The number of amides is 1. The van der Waals surface area contributed by atoms with Gasteiger partial charge in [0.2, 0.25) is 5.91 Å². The first-order valence-corrected chi connectivity index (χ1v) is 5.24. The largest absolute Gasteiger partial charge is 0.351 e. The zero-order valence-electron chi connectivity index (χ0n) is 8.12. The summed E-state index contributed by atoms with van der Waals surface area (Å²) in [6, 6.07) is 0.0819. The molecular formula is C10H18N2O. The number of hydrogen-bond acceptors (Lipinski definition) is 2. The van der Waals surface area contributed by atoms with E-state index in [0.717, 1.165) is 11.8 Å². The second kappa shape index (κ2) is 3.29. The highest BCUT2D eigenvalue weighted by molar-refractivity contribution is 5.81. The third-order valence-electron chi connectivity index (χ3n) is 2.98. The smallest absolute Gasteiger partial charge is 0.236 e. The normalized spacial score (nSPS) is 24.5. The SMILES string of the molecule is C[C@H](N)C(=O)NC(C1CC1)C1CC1. The molecule has 2 aliphatic carbocycles. The number of carbonyl (C=O) groups is 1. The highest BCUT2D eigenvalue weighted by Crippen LogP contribution is 2.44. The lowest BCUT2D eigenvalue weighted by Gasteiger charge is -2.18. The molecule has 3 nitrogen and oxygen atoms in total. The summed E-state index contributed by atoms with van der Waals surface area (Å²) in [7, 11) is 0. The van der Waals surface area contributed by atoms with E-state index in [4.69, 9.17) is 5.73 Å². The molecule has 0 spiro atoms. The number of carbonyl (C=O) groups excluding carboxylic acids is 1. The van der Waals surface area contributed by atoms with Crippen molar-refractivity contribution in [3.05, 3.63) is 0 Å². The minimum Gasteiger partial charge on any atom is -0.351 e. The van der Waals surface area contributed by atoms with Crippen molar-refractivity contribution in [2.24, 2.45) is 17.6 Å². The van der Waals surface area contributed by atoms with Crippen molar-refractivity contribution in [2.75, 3.05) is 0 Å². The maximum absolute atomic E-state index is 11.4. The van der Waals surface area contributed by atoms with Gasteiger partial charge in [-0.2, -0.15) is 0 Å². The topological polar surface area (TPSA) is 55.1 Å². The molecule has 0 aromatic carbocycles. The van der Waals surface area contributed by atoms with Crippen LogP contribution in [0.2, 0.25) is 0 Å². The zero-order chi connectivity index (χ0) is 9.42. The quantitative estimate of drug-likeness (QED) is 0.670. The molecule has 2 saturated carbocycles. The maximum Gasteiger partial charge on any atom is 0.236 e. The molecule has 2 rings (SSSR count). The van der Waals surface area contributed by atoms with Crippen molar-refractivity contribution in [2.45, 2.75) is 44.7 Å². The molecule has 3 heteroatoms. The highest BCUT2D eigenvalue weighted by atomic mass is 16.2. The van der Waals surface area contributed by atoms with Gasteiger partial charge < -0.3 is 11.1 Å². The monoisotopic (exact) mass is 182 g/mol. The molecule has 0 aliphatic heterocycles. The van der Waals surface area contributed by atoms with E-state index in [9.17, 15) is 4.79 Å². The first-order chi connectivity index (χ1) is 6.18. The van der Waals surface area contributed by atoms with Crippen molar-refractivity contribution in [1.29, 1.82) is 0 Å². The van der Waals surface area contributed by atoms with Crippen molar-refractivity contribution in [3.63, 3.8) is 0 Å². The van der Waals surface area contributed by atoms with Crippen LogP contribution in [0.5, 0.6) is 0 Å². The van der Waals surface area contributed by atoms with Crippen LogP contribution in [0, 0.1) is 11.8 Å². The Labute approximate surface area is 79.1 Å². The van der Waals surface area contributed by atoms with Crippen LogP contribution in [0.15, 0.2) is 0 Å². The van der Waals surface area contributed by atoms with Crippen LogP contribution >= 0.6 is 0 Å². The molecule has 2 fully saturated rings. The second-order valence-corrected chi connectivity index (χ2v) is 4.50. The number of hydrogen-bond donors (Lipinski definition) is 2. The summed E-state index contributed by atoms with van der Waals surface area (Å²) in [5, 5.41) is 3.08. The maximum atomic E-state index is 11.4. The van der Waals surface area contributed by atoms with Crippen molar-refractivity contribution >= 4 is 5.91 Å². The zero-order valence-corrected chi connectivity index (χ0v) is 8.12. The van der Waals surface area contributed by atoms with E-state index < -0.39 is 0 Å². The highest BCUT2D eigenvalue weighted by Gasteiger charge is 2.42. The van der Waals surface area contributed by atoms with Crippen LogP contribution in [-0.4, -0.2) is 18.0 Å². The van der Waals surface area contributed by atoms with Crippen molar-refractivity contribution in [1.82, 2.24) is 5.32 Å². The number of nitrogens with one attached hydrogen (secondary N) is 1. The molecule has 0 radical (unpaired) electrons. The van der Waals surface area contributed by atoms with Crippen LogP contribution in [-0.2, 0) is 4.79 Å². The van der Waals surface area contributed by atoms with Gasteiger partial charge in [-0.05, 0) is 44.4 Å². The average molecular weight is 182 g/mol. The van der Waals surface area contributed by atoms with Gasteiger partial charge in [0, 0.05) is 6.04 Å². The number of rotatable bonds is 4. The minimum atomic E-state index is -0.361. The molecule has 2 aliphatic rings. The molecule has 13 heavy (non-hydrogen) atoms. The van der Waals surface area contributed by atoms with Gasteiger partial charge in [0.25, 0.3) is 0 Å². The summed E-state index contributed by atoms with van der Waals surface area (Å²) < 4.78 is 0. The fourth-order valence-corrected chi connectivity index (χ4v) is 1.83. The third-order valence-corrected chi connectivity index (χ3v) is 2.98. The molecule has 0 aromatic heterocycles. The molecule has 1 atom stereocenters. The molecular weight excluding hydrogens is 164 g/mol. The van der Waals surface area contributed by atoms with Gasteiger partial charge in [0.15, 0.2) is 0 Å². The Morgan fingerprint density at radius 1 is 1.31 bits per heavy atom. The summed E-state index contributed by atoms with van der Waals surface area (Å²) in [5.74, 6) is 1.54. The Morgan fingerprint density at radius 2 is 1.77 bits per heavy atom. The summed E-state index contributed by atoms with van der Waals surface area (Å²) in [6.45, 7) is 1.74. The predicted octanol–water partition coefficient (Wildman–Crippen LogP) is 0.638. The van der Waals surface area contributed by atoms with Crippen molar-refractivity contribution < 1.29 is 4.79 Å². The van der Waals surface area contributed by atoms with Crippen LogP contribution in [0.1, 0.15) is 32.6 Å². The van der Waals surface area contributed by atoms with Crippen molar-refractivity contribution in [3.8, 4) is 0 Å². The fraction of sp³-hybridized carbons (Fsp3) is 0.900. The van der Waals surface area contributed by atoms with Crippen LogP contribution in [0.25, 0.3) is 0 Å². The lowest BCUT2D eigenvalue weighted by Crippen LogP contribution is -2.45. The Balaban J connectivity index is 1.85. The van der Waals surface area contributed by atoms with Crippen LogP contribution in [0.4, 0.5) is 0 Å². The van der Waals surface area contributed by atoms with E-state index in [1.165, 1.54) is 25.7 Å². The lowest BCUT2D eigenvalue weighted by atomic mass is 10.1. The summed E-state index contributed by atoms with van der Waals surface area (Å²) in [6.07, 6.45) is 5.17. The standard InChI is InChI=1S/C10H18N2O/c1-6(11)10(13)12-9(7-2-3-7)8-4-5-8/h6-9H,2-5,11H2,1H3,(H,12,13)/t6-/m0/s1. The second-order valence-electron chi connectivity index (χ2n) is 4.50. The van der Waals surface area contributed by atoms with E-state index in [-0.39, 0.29) is 11.9 Å². The first kappa shape index (κ1) is 9.00. The van der Waals surface area contributed by atoms with Gasteiger partial charge in [-0.1, -0.05) is 0 Å². The summed E-state index contributed by atoms with van der Waals surface area (Å²) in [4.78, 5) is 11.4. The molecule has 0 unspecified atom stereocenters. The van der Waals surface area contributed by atoms with E-state index >= 15 is 0 Å². The van der Waals surface area contributed by atoms with Gasteiger partial charge in [-0.15, -0.1) is 0 Å².